The zero-order chi connectivity index (χ0) is 18.1. The van der Waals surface area contributed by atoms with E-state index in [9.17, 15) is 4.79 Å². The summed E-state index contributed by atoms with van der Waals surface area (Å²) in [7, 11) is 0. The van der Waals surface area contributed by atoms with Crippen LogP contribution < -0.4 is 10.6 Å². The van der Waals surface area contributed by atoms with Gasteiger partial charge in [0, 0.05) is 22.7 Å². The van der Waals surface area contributed by atoms with Crippen LogP contribution in [-0.4, -0.2) is 23.0 Å². The maximum absolute atomic E-state index is 12.8. The van der Waals surface area contributed by atoms with Gasteiger partial charge in [-0.3, -0.25) is 4.79 Å². The molecule has 3 nitrogen and oxygen atoms in total. The maximum Gasteiger partial charge on any atom is 0.251 e. The quantitative estimate of drug-likeness (QED) is 0.872. The van der Waals surface area contributed by atoms with Crippen LogP contribution in [0.4, 0.5) is 0 Å². The van der Waals surface area contributed by atoms with Gasteiger partial charge in [0.15, 0.2) is 0 Å². The highest BCUT2D eigenvalue weighted by Gasteiger charge is 2.38. The first kappa shape index (κ1) is 17.7. The lowest BCUT2D eigenvalue weighted by molar-refractivity contribution is 0.0873. The summed E-state index contributed by atoms with van der Waals surface area (Å²) in [5.41, 5.74) is 2.95. The summed E-state index contributed by atoms with van der Waals surface area (Å²) < 4.78 is 0. The first-order chi connectivity index (χ1) is 11.7. The van der Waals surface area contributed by atoms with E-state index in [2.05, 4.69) is 50.5 Å². The fraction of sp³-hybridized carbons (Fsp3) is 0.409. The molecule has 0 aromatic heterocycles. The third-order valence-electron chi connectivity index (χ3n) is 4.76. The van der Waals surface area contributed by atoms with Crippen molar-refractivity contribution >= 4 is 5.91 Å². The van der Waals surface area contributed by atoms with Crippen LogP contribution in [0.15, 0.2) is 54.6 Å². The van der Waals surface area contributed by atoms with Gasteiger partial charge in [0.1, 0.15) is 0 Å². The molecule has 1 aliphatic heterocycles. The minimum absolute atomic E-state index is 0.0104. The molecule has 3 heteroatoms. The molecule has 0 radical (unpaired) electrons. The molecule has 2 N–H and O–H groups in total. The Morgan fingerprint density at radius 1 is 0.920 bits per heavy atom. The second-order valence-electron chi connectivity index (χ2n) is 8.42. The van der Waals surface area contributed by atoms with Crippen LogP contribution in [0.1, 0.15) is 50.9 Å². The van der Waals surface area contributed by atoms with E-state index >= 15 is 0 Å². The zero-order valence-corrected chi connectivity index (χ0v) is 15.6. The van der Waals surface area contributed by atoms with Crippen molar-refractivity contribution in [3.05, 3.63) is 60.2 Å². The highest BCUT2D eigenvalue weighted by atomic mass is 16.1. The Morgan fingerprint density at radius 2 is 1.52 bits per heavy atom. The van der Waals surface area contributed by atoms with Crippen molar-refractivity contribution in [2.75, 3.05) is 0 Å². The van der Waals surface area contributed by atoms with E-state index in [1.807, 2.05) is 42.5 Å². The van der Waals surface area contributed by atoms with E-state index in [4.69, 9.17) is 0 Å². The SMILES string of the molecule is CC1(C)CC(NC(=O)c2cccc(-c3ccccc3)c2)CC(C)(C)N1. The number of carbonyl (C=O) groups excluding carboxylic acids is 1. The average Bonchev–Trinajstić information content (AvgIpc) is 2.53. The second-order valence-corrected chi connectivity index (χ2v) is 8.42. The maximum atomic E-state index is 12.8. The summed E-state index contributed by atoms with van der Waals surface area (Å²) >= 11 is 0. The van der Waals surface area contributed by atoms with Gasteiger partial charge in [-0.1, -0.05) is 42.5 Å². The molecule has 1 fully saturated rings. The molecule has 2 aromatic rings. The smallest absolute Gasteiger partial charge is 0.251 e. The molecule has 1 amide bonds. The van der Waals surface area contributed by atoms with E-state index in [-0.39, 0.29) is 23.0 Å². The first-order valence-electron chi connectivity index (χ1n) is 9.00. The molecule has 132 valence electrons. The number of carbonyl (C=O) groups is 1. The molecule has 2 aromatic carbocycles. The monoisotopic (exact) mass is 336 g/mol. The highest BCUT2D eigenvalue weighted by molar-refractivity contribution is 5.95. The summed E-state index contributed by atoms with van der Waals surface area (Å²) in [6.45, 7) is 8.79. The fourth-order valence-electron chi connectivity index (χ4n) is 4.16. The van der Waals surface area contributed by atoms with Crippen molar-refractivity contribution in [2.24, 2.45) is 0 Å². The summed E-state index contributed by atoms with van der Waals surface area (Å²) in [5.74, 6) is 0.0104. The summed E-state index contributed by atoms with van der Waals surface area (Å²) in [4.78, 5) is 12.8. The third kappa shape index (κ3) is 4.49. The van der Waals surface area contributed by atoms with Crippen LogP contribution in [-0.2, 0) is 0 Å². The van der Waals surface area contributed by atoms with Crippen molar-refractivity contribution < 1.29 is 4.79 Å². The molecular weight excluding hydrogens is 308 g/mol. The molecule has 1 heterocycles. The Bertz CT molecular complexity index is 734. The lowest BCUT2D eigenvalue weighted by atomic mass is 9.79. The molecule has 0 aliphatic carbocycles. The summed E-state index contributed by atoms with van der Waals surface area (Å²) in [5, 5.41) is 6.90. The van der Waals surface area contributed by atoms with Gasteiger partial charge in [0.25, 0.3) is 5.91 Å². The molecule has 0 saturated carbocycles. The van der Waals surface area contributed by atoms with Crippen LogP contribution in [0.25, 0.3) is 11.1 Å². The molecule has 3 rings (SSSR count). The molecule has 25 heavy (non-hydrogen) atoms. The number of benzene rings is 2. The van der Waals surface area contributed by atoms with Crippen LogP contribution in [0.5, 0.6) is 0 Å². The first-order valence-corrected chi connectivity index (χ1v) is 9.00. The van der Waals surface area contributed by atoms with E-state index in [0.717, 1.165) is 29.5 Å². The largest absolute Gasteiger partial charge is 0.349 e. The van der Waals surface area contributed by atoms with Crippen LogP contribution in [0.2, 0.25) is 0 Å². The Hall–Kier alpha value is -2.13. The number of nitrogens with one attached hydrogen (secondary N) is 2. The predicted molar refractivity (Wildman–Crippen MR) is 104 cm³/mol. The number of hydrogen-bond acceptors (Lipinski definition) is 2. The number of amides is 1. The molecular formula is C22H28N2O. The minimum Gasteiger partial charge on any atom is -0.349 e. The van der Waals surface area contributed by atoms with Gasteiger partial charge >= 0.3 is 0 Å². The van der Waals surface area contributed by atoms with Gasteiger partial charge in [-0.15, -0.1) is 0 Å². The lowest BCUT2D eigenvalue weighted by Gasteiger charge is -2.46. The van der Waals surface area contributed by atoms with E-state index < -0.39 is 0 Å². The number of piperidine rings is 1. The number of hydrogen-bond donors (Lipinski definition) is 2. The van der Waals surface area contributed by atoms with Crippen molar-refractivity contribution in [1.29, 1.82) is 0 Å². The predicted octanol–water partition coefficient (Wildman–Crippen LogP) is 4.39. The Labute approximate surface area is 150 Å². The van der Waals surface area contributed by atoms with Crippen molar-refractivity contribution in [3.8, 4) is 11.1 Å². The summed E-state index contributed by atoms with van der Waals surface area (Å²) in [6.07, 6.45) is 1.86. The van der Waals surface area contributed by atoms with E-state index in [1.165, 1.54) is 0 Å². The molecule has 0 bridgehead atoms. The van der Waals surface area contributed by atoms with Gasteiger partial charge in [0.05, 0.1) is 0 Å². The van der Waals surface area contributed by atoms with Gasteiger partial charge in [0.2, 0.25) is 0 Å². The third-order valence-corrected chi connectivity index (χ3v) is 4.76. The molecule has 0 spiro atoms. The van der Waals surface area contributed by atoms with Crippen LogP contribution in [0, 0.1) is 0 Å². The fourth-order valence-corrected chi connectivity index (χ4v) is 4.16. The van der Waals surface area contributed by atoms with Gasteiger partial charge in [-0.2, -0.15) is 0 Å². The Morgan fingerprint density at radius 3 is 2.16 bits per heavy atom. The molecule has 1 aliphatic rings. The normalized spacial score (nSPS) is 19.4. The van der Waals surface area contributed by atoms with Crippen LogP contribution in [0.3, 0.4) is 0 Å². The van der Waals surface area contributed by atoms with Crippen molar-refractivity contribution in [3.63, 3.8) is 0 Å². The van der Waals surface area contributed by atoms with Gasteiger partial charge < -0.3 is 10.6 Å². The minimum atomic E-state index is 0.0104. The molecule has 0 unspecified atom stereocenters. The second kappa shape index (κ2) is 6.64. The lowest BCUT2D eigenvalue weighted by Crippen LogP contribution is -2.62. The van der Waals surface area contributed by atoms with Crippen molar-refractivity contribution in [1.82, 2.24) is 10.6 Å². The Kier molecular flexibility index (Phi) is 4.70. The number of rotatable bonds is 3. The average molecular weight is 336 g/mol. The Balaban J connectivity index is 1.76. The van der Waals surface area contributed by atoms with Gasteiger partial charge in [-0.25, -0.2) is 0 Å². The molecule has 0 atom stereocenters. The summed E-state index contributed by atoms with van der Waals surface area (Å²) in [6, 6.07) is 18.2. The van der Waals surface area contributed by atoms with Gasteiger partial charge in [-0.05, 0) is 63.8 Å². The van der Waals surface area contributed by atoms with Crippen LogP contribution >= 0.6 is 0 Å². The topological polar surface area (TPSA) is 41.1 Å². The highest BCUT2D eigenvalue weighted by Crippen LogP contribution is 2.29. The standard InChI is InChI=1S/C22H28N2O/c1-21(2)14-19(15-22(3,4)24-21)23-20(25)18-12-8-11-17(13-18)16-9-6-5-7-10-16/h5-13,19,24H,14-15H2,1-4H3,(H,23,25). The van der Waals surface area contributed by atoms with Crippen molar-refractivity contribution in [2.45, 2.75) is 57.7 Å². The van der Waals surface area contributed by atoms with E-state index in [0.29, 0.717) is 0 Å². The zero-order valence-electron chi connectivity index (χ0n) is 15.6. The van der Waals surface area contributed by atoms with E-state index in [1.54, 1.807) is 0 Å². The molecule has 1 saturated heterocycles.